The van der Waals surface area contributed by atoms with Crippen LogP contribution >= 0.6 is 0 Å². The van der Waals surface area contributed by atoms with Crippen molar-refractivity contribution in [3.63, 3.8) is 0 Å². The monoisotopic (exact) mass is 234 g/mol. The average molecular weight is 234 g/mol. The minimum absolute atomic E-state index is 0.171. The second kappa shape index (κ2) is 5.20. The number of halogens is 1. The van der Waals surface area contributed by atoms with E-state index >= 15 is 0 Å². The maximum atomic E-state index is 12.9. The van der Waals surface area contributed by atoms with Crippen molar-refractivity contribution in [1.82, 2.24) is 20.5 Å². The zero-order valence-corrected chi connectivity index (χ0v) is 8.98. The Kier molecular flexibility index (Phi) is 3.44. The number of aromatic amines is 1. The van der Waals surface area contributed by atoms with Crippen molar-refractivity contribution < 1.29 is 9.18 Å². The molecule has 0 aliphatic carbocycles. The van der Waals surface area contributed by atoms with Crippen molar-refractivity contribution in [2.45, 2.75) is 6.42 Å². The summed E-state index contributed by atoms with van der Waals surface area (Å²) in [4.78, 5) is 15.2. The number of rotatable bonds is 4. The van der Waals surface area contributed by atoms with E-state index in [4.69, 9.17) is 0 Å². The molecule has 0 radical (unpaired) electrons. The van der Waals surface area contributed by atoms with Gasteiger partial charge in [-0.15, -0.1) is 0 Å². The summed E-state index contributed by atoms with van der Waals surface area (Å²) in [6.07, 6.45) is 1.83. The summed E-state index contributed by atoms with van der Waals surface area (Å²) in [5, 5.41) is 8.69. The van der Waals surface area contributed by atoms with E-state index in [0.717, 1.165) is 5.56 Å². The van der Waals surface area contributed by atoms with Crippen molar-refractivity contribution in [2.75, 3.05) is 6.54 Å². The zero-order valence-electron chi connectivity index (χ0n) is 8.98. The summed E-state index contributed by atoms with van der Waals surface area (Å²) >= 11 is 0. The summed E-state index contributed by atoms with van der Waals surface area (Å²) in [6, 6.07) is 6.28. The van der Waals surface area contributed by atoms with E-state index in [-0.39, 0.29) is 17.5 Å². The Morgan fingerprint density at radius 3 is 3.06 bits per heavy atom. The summed E-state index contributed by atoms with van der Waals surface area (Å²) in [5.41, 5.74) is 0.836. The van der Waals surface area contributed by atoms with E-state index in [2.05, 4.69) is 20.5 Å². The molecule has 0 saturated heterocycles. The van der Waals surface area contributed by atoms with Crippen molar-refractivity contribution in [2.24, 2.45) is 0 Å². The third-order valence-electron chi connectivity index (χ3n) is 2.22. The maximum absolute atomic E-state index is 12.9. The fraction of sp³-hybridized carbons (Fsp3) is 0.182. The van der Waals surface area contributed by atoms with E-state index < -0.39 is 0 Å². The molecule has 1 heterocycles. The van der Waals surface area contributed by atoms with Gasteiger partial charge in [-0.1, -0.05) is 12.1 Å². The first-order valence-corrected chi connectivity index (χ1v) is 5.14. The Balaban J connectivity index is 1.82. The van der Waals surface area contributed by atoms with E-state index in [9.17, 15) is 9.18 Å². The van der Waals surface area contributed by atoms with Gasteiger partial charge in [0, 0.05) is 6.54 Å². The van der Waals surface area contributed by atoms with Crippen LogP contribution in [0.4, 0.5) is 4.39 Å². The predicted octanol–water partition coefficient (Wildman–Crippen LogP) is 0.916. The summed E-state index contributed by atoms with van der Waals surface area (Å²) < 4.78 is 12.9. The van der Waals surface area contributed by atoms with Crippen molar-refractivity contribution in [1.29, 1.82) is 0 Å². The van der Waals surface area contributed by atoms with Gasteiger partial charge in [-0.3, -0.25) is 9.89 Å². The summed E-state index contributed by atoms with van der Waals surface area (Å²) in [5.74, 6) is -0.424. The molecule has 1 aromatic carbocycles. The van der Waals surface area contributed by atoms with Crippen LogP contribution in [0.3, 0.4) is 0 Å². The molecule has 0 spiro atoms. The van der Waals surface area contributed by atoms with Crippen molar-refractivity contribution >= 4 is 5.91 Å². The van der Waals surface area contributed by atoms with Gasteiger partial charge in [0.15, 0.2) is 0 Å². The summed E-state index contributed by atoms with van der Waals surface area (Å²) in [6.45, 7) is 0.420. The molecule has 1 aromatic heterocycles. The third-order valence-corrected chi connectivity index (χ3v) is 2.22. The zero-order chi connectivity index (χ0) is 12.1. The fourth-order valence-corrected chi connectivity index (χ4v) is 1.41. The molecule has 0 bridgehead atoms. The normalized spacial score (nSPS) is 10.2. The molecule has 0 unspecified atom stereocenters. The predicted molar refractivity (Wildman–Crippen MR) is 58.8 cm³/mol. The number of H-pyrrole nitrogens is 1. The first kappa shape index (κ1) is 11.3. The molecule has 0 aliphatic rings. The van der Waals surface area contributed by atoms with Crippen LogP contribution in [0.25, 0.3) is 0 Å². The largest absolute Gasteiger partial charge is 0.349 e. The van der Waals surface area contributed by atoms with Crippen molar-refractivity contribution in [3.8, 4) is 0 Å². The highest BCUT2D eigenvalue weighted by Gasteiger charge is 2.07. The lowest BCUT2D eigenvalue weighted by atomic mass is 10.1. The molecule has 17 heavy (non-hydrogen) atoms. The molecule has 0 aliphatic heterocycles. The van der Waals surface area contributed by atoms with Gasteiger partial charge >= 0.3 is 0 Å². The fourth-order valence-electron chi connectivity index (χ4n) is 1.41. The highest BCUT2D eigenvalue weighted by atomic mass is 19.1. The van der Waals surface area contributed by atoms with Crippen LogP contribution < -0.4 is 5.32 Å². The Hall–Kier alpha value is -2.24. The van der Waals surface area contributed by atoms with E-state index in [1.54, 1.807) is 6.07 Å². The number of carbonyl (C=O) groups excluding carboxylic acids is 1. The molecule has 5 nitrogen and oxygen atoms in total. The lowest BCUT2D eigenvalue weighted by molar-refractivity contribution is 0.0944. The molecule has 2 aromatic rings. The molecule has 2 N–H and O–H groups in total. The second-order valence-electron chi connectivity index (χ2n) is 3.47. The second-order valence-corrected chi connectivity index (χ2v) is 3.47. The first-order valence-electron chi connectivity index (χ1n) is 5.14. The van der Waals surface area contributed by atoms with Gasteiger partial charge < -0.3 is 5.32 Å². The van der Waals surface area contributed by atoms with Gasteiger partial charge in [-0.25, -0.2) is 9.37 Å². The Morgan fingerprint density at radius 2 is 2.35 bits per heavy atom. The number of hydrogen-bond donors (Lipinski definition) is 2. The number of benzene rings is 1. The molecule has 0 saturated carbocycles. The standard InChI is InChI=1S/C11H11FN4O/c12-9-3-1-2-8(6-9)4-5-13-11(17)10-14-7-15-16-10/h1-3,6-7H,4-5H2,(H,13,17)(H,14,15,16). The van der Waals surface area contributed by atoms with E-state index in [1.807, 2.05) is 6.07 Å². The quantitative estimate of drug-likeness (QED) is 0.826. The van der Waals surface area contributed by atoms with E-state index in [1.165, 1.54) is 18.5 Å². The smallest absolute Gasteiger partial charge is 0.288 e. The molecular formula is C11H11FN4O. The van der Waals surface area contributed by atoms with Gasteiger partial charge in [0.25, 0.3) is 5.91 Å². The number of carbonyl (C=O) groups is 1. The van der Waals surface area contributed by atoms with Crippen LogP contribution in [-0.4, -0.2) is 27.6 Å². The van der Waals surface area contributed by atoms with Gasteiger partial charge in [0.2, 0.25) is 5.82 Å². The topological polar surface area (TPSA) is 70.7 Å². The Bertz CT molecular complexity index is 498. The minimum Gasteiger partial charge on any atom is -0.349 e. The van der Waals surface area contributed by atoms with Gasteiger partial charge in [-0.2, -0.15) is 5.10 Å². The number of hydrogen-bond acceptors (Lipinski definition) is 3. The van der Waals surface area contributed by atoms with Gasteiger partial charge in [0.1, 0.15) is 12.1 Å². The Labute approximate surface area is 97.1 Å². The molecular weight excluding hydrogens is 223 g/mol. The number of aromatic nitrogens is 3. The average Bonchev–Trinajstić information content (AvgIpc) is 2.82. The van der Waals surface area contributed by atoms with Crippen LogP contribution in [0.5, 0.6) is 0 Å². The van der Waals surface area contributed by atoms with Crippen molar-refractivity contribution in [3.05, 3.63) is 47.8 Å². The number of amides is 1. The van der Waals surface area contributed by atoms with Crippen LogP contribution in [-0.2, 0) is 6.42 Å². The Morgan fingerprint density at radius 1 is 1.47 bits per heavy atom. The molecule has 0 atom stereocenters. The highest BCUT2D eigenvalue weighted by molar-refractivity contribution is 5.90. The van der Waals surface area contributed by atoms with Crippen LogP contribution in [0.15, 0.2) is 30.6 Å². The first-order chi connectivity index (χ1) is 8.25. The number of nitrogens with one attached hydrogen (secondary N) is 2. The van der Waals surface area contributed by atoms with Gasteiger partial charge in [-0.05, 0) is 24.1 Å². The molecule has 2 rings (SSSR count). The summed E-state index contributed by atoms with van der Waals surface area (Å²) in [7, 11) is 0. The lowest BCUT2D eigenvalue weighted by Crippen LogP contribution is -2.26. The molecule has 6 heteroatoms. The molecule has 1 amide bonds. The number of nitrogens with zero attached hydrogens (tertiary/aromatic N) is 2. The molecule has 0 fully saturated rings. The SMILES string of the molecule is O=C(NCCc1cccc(F)c1)c1ncn[nH]1. The van der Waals surface area contributed by atoms with E-state index in [0.29, 0.717) is 13.0 Å². The molecule has 88 valence electrons. The van der Waals surface area contributed by atoms with Crippen LogP contribution in [0, 0.1) is 5.82 Å². The van der Waals surface area contributed by atoms with Crippen LogP contribution in [0.2, 0.25) is 0 Å². The maximum Gasteiger partial charge on any atom is 0.288 e. The minimum atomic E-state index is -0.320. The van der Waals surface area contributed by atoms with Crippen LogP contribution in [0.1, 0.15) is 16.2 Å². The van der Waals surface area contributed by atoms with Gasteiger partial charge in [0.05, 0.1) is 0 Å². The highest BCUT2D eigenvalue weighted by Crippen LogP contribution is 2.03. The lowest BCUT2D eigenvalue weighted by Gasteiger charge is -2.03. The third kappa shape index (κ3) is 3.10.